The molecule has 2 rings (SSSR count). The number of nitrogens with zero attached hydrogens (tertiary/aromatic N) is 1. The average Bonchev–Trinajstić information content (AvgIpc) is 2.39. The van der Waals surface area contributed by atoms with E-state index in [1.54, 1.807) is 0 Å². The molecular formula is C16H17NO3. The summed E-state index contributed by atoms with van der Waals surface area (Å²) in [4.78, 5) is 10.4. The van der Waals surface area contributed by atoms with Crippen LogP contribution in [0.4, 0.5) is 5.69 Å². The lowest BCUT2D eigenvalue weighted by Gasteiger charge is -2.12. The molecule has 0 N–H and O–H groups in total. The van der Waals surface area contributed by atoms with Crippen molar-refractivity contribution in [3.05, 3.63) is 68.8 Å². The second-order valence-corrected chi connectivity index (χ2v) is 4.94. The molecule has 0 aliphatic heterocycles. The highest BCUT2D eigenvalue weighted by Gasteiger charge is 2.12. The lowest BCUT2D eigenvalue weighted by Crippen LogP contribution is -2.00. The fraction of sp³-hybridized carbons (Fsp3) is 0.250. The number of nitro benzene ring substituents is 1. The van der Waals surface area contributed by atoms with E-state index in [-0.39, 0.29) is 10.6 Å². The standard InChI is InChI=1S/C16H17NO3/c1-11-4-6-14(7-5-11)10-20-16-12(2)8-15(17(18)19)9-13(16)3/h4-9H,10H2,1-3H3. The van der Waals surface area contributed by atoms with Gasteiger partial charge < -0.3 is 4.74 Å². The molecule has 0 aromatic heterocycles. The number of ether oxygens (including phenoxy) is 1. The minimum atomic E-state index is -0.385. The maximum absolute atomic E-state index is 10.8. The molecule has 0 aliphatic carbocycles. The Morgan fingerprint density at radius 1 is 1.05 bits per heavy atom. The molecule has 4 heteroatoms. The van der Waals surface area contributed by atoms with Crippen LogP contribution in [0.25, 0.3) is 0 Å². The quantitative estimate of drug-likeness (QED) is 0.621. The molecule has 0 spiro atoms. The predicted molar refractivity (Wildman–Crippen MR) is 78.1 cm³/mol. The Balaban J connectivity index is 2.17. The molecule has 20 heavy (non-hydrogen) atoms. The van der Waals surface area contributed by atoms with Crippen LogP contribution >= 0.6 is 0 Å². The number of benzene rings is 2. The van der Waals surface area contributed by atoms with Gasteiger partial charge in [-0.05, 0) is 37.5 Å². The van der Waals surface area contributed by atoms with Gasteiger partial charge in [-0.3, -0.25) is 10.1 Å². The Morgan fingerprint density at radius 2 is 1.60 bits per heavy atom. The van der Waals surface area contributed by atoms with Crippen molar-refractivity contribution in [1.82, 2.24) is 0 Å². The van der Waals surface area contributed by atoms with Crippen LogP contribution in [-0.2, 0) is 6.61 Å². The summed E-state index contributed by atoms with van der Waals surface area (Å²) < 4.78 is 5.81. The number of hydrogen-bond acceptors (Lipinski definition) is 3. The lowest BCUT2D eigenvalue weighted by atomic mass is 10.1. The molecule has 0 saturated heterocycles. The maximum atomic E-state index is 10.8. The Bertz CT molecular complexity index is 610. The van der Waals surface area contributed by atoms with Crippen LogP contribution in [0.15, 0.2) is 36.4 Å². The van der Waals surface area contributed by atoms with E-state index in [0.717, 1.165) is 22.4 Å². The summed E-state index contributed by atoms with van der Waals surface area (Å²) in [6.07, 6.45) is 0. The number of non-ortho nitro benzene ring substituents is 1. The number of rotatable bonds is 4. The van der Waals surface area contributed by atoms with Crippen molar-refractivity contribution in [3.8, 4) is 5.75 Å². The van der Waals surface area contributed by atoms with Gasteiger partial charge >= 0.3 is 0 Å². The first-order chi connectivity index (χ1) is 9.47. The largest absolute Gasteiger partial charge is 0.488 e. The van der Waals surface area contributed by atoms with E-state index in [4.69, 9.17) is 4.74 Å². The molecule has 0 atom stereocenters. The predicted octanol–water partition coefficient (Wildman–Crippen LogP) is 4.10. The second kappa shape index (κ2) is 5.74. The van der Waals surface area contributed by atoms with Gasteiger partial charge in [0.25, 0.3) is 5.69 Å². The molecule has 0 fully saturated rings. The first-order valence-corrected chi connectivity index (χ1v) is 6.41. The van der Waals surface area contributed by atoms with Gasteiger partial charge in [0.2, 0.25) is 0 Å². The van der Waals surface area contributed by atoms with E-state index in [1.807, 2.05) is 45.0 Å². The summed E-state index contributed by atoms with van der Waals surface area (Å²) in [5.41, 5.74) is 3.94. The SMILES string of the molecule is Cc1ccc(COc2c(C)cc([N+](=O)[O-])cc2C)cc1. The van der Waals surface area contributed by atoms with Gasteiger partial charge in [0.1, 0.15) is 12.4 Å². The minimum Gasteiger partial charge on any atom is -0.488 e. The molecule has 0 amide bonds. The van der Waals surface area contributed by atoms with Crippen molar-refractivity contribution in [2.24, 2.45) is 0 Å². The summed E-state index contributed by atoms with van der Waals surface area (Å²) in [5.74, 6) is 0.719. The maximum Gasteiger partial charge on any atom is 0.270 e. The zero-order chi connectivity index (χ0) is 14.7. The van der Waals surface area contributed by atoms with E-state index < -0.39 is 0 Å². The topological polar surface area (TPSA) is 52.4 Å². The van der Waals surface area contributed by atoms with E-state index in [9.17, 15) is 10.1 Å². The van der Waals surface area contributed by atoms with Crippen molar-refractivity contribution >= 4 is 5.69 Å². The van der Waals surface area contributed by atoms with E-state index in [0.29, 0.717) is 6.61 Å². The molecule has 2 aromatic carbocycles. The third-order valence-corrected chi connectivity index (χ3v) is 3.16. The summed E-state index contributed by atoms with van der Waals surface area (Å²) in [6, 6.07) is 11.2. The van der Waals surface area contributed by atoms with Crippen LogP contribution in [0.2, 0.25) is 0 Å². The minimum absolute atomic E-state index is 0.0997. The smallest absolute Gasteiger partial charge is 0.270 e. The summed E-state index contributed by atoms with van der Waals surface area (Å²) in [7, 11) is 0. The Kier molecular flexibility index (Phi) is 4.03. The van der Waals surface area contributed by atoms with Crippen LogP contribution in [0.1, 0.15) is 22.3 Å². The summed E-state index contributed by atoms with van der Waals surface area (Å²) in [5, 5.41) is 10.8. The van der Waals surface area contributed by atoms with Crippen molar-refractivity contribution < 1.29 is 9.66 Å². The molecule has 104 valence electrons. The molecule has 0 bridgehead atoms. The van der Waals surface area contributed by atoms with Gasteiger partial charge in [0.15, 0.2) is 0 Å². The normalized spacial score (nSPS) is 10.3. The van der Waals surface area contributed by atoms with Crippen LogP contribution in [0, 0.1) is 30.9 Å². The molecular weight excluding hydrogens is 254 g/mol. The van der Waals surface area contributed by atoms with E-state index >= 15 is 0 Å². The van der Waals surface area contributed by atoms with Crippen molar-refractivity contribution in [2.75, 3.05) is 0 Å². The average molecular weight is 271 g/mol. The first kappa shape index (κ1) is 14.1. The molecule has 0 heterocycles. The second-order valence-electron chi connectivity index (χ2n) is 4.94. The Labute approximate surface area is 118 Å². The lowest BCUT2D eigenvalue weighted by molar-refractivity contribution is -0.385. The molecule has 0 saturated carbocycles. The van der Waals surface area contributed by atoms with Gasteiger partial charge in [-0.15, -0.1) is 0 Å². The van der Waals surface area contributed by atoms with Crippen LogP contribution < -0.4 is 4.74 Å². The molecule has 0 radical (unpaired) electrons. The molecule has 2 aromatic rings. The fourth-order valence-electron chi connectivity index (χ4n) is 2.10. The van der Waals surface area contributed by atoms with Crippen molar-refractivity contribution in [1.29, 1.82) is 0 Å². The van der Waals surface area contributed by atoms with Gasteiger partial charge in [0, 0.05) is 12.1 Å². The van der Waals surface area contributed by atoms with Crippen molar-refractivity contribution in [2.45, 2.75) is 27.4 Å². The molecule has 4 nitrogen and oxygen atoms in total. The van der Waals surface area contributed by atoms with Gasteiger partial charge in [0.05, 0.1) is 4.92 Å². The third kappa shape index (κ3) is 3.15. The highest BCUT2D eigenvalue weighted by Crippen LogP contribution is 2.28. The fourth-order valence-corrected chi connectivity index (χ4v) is 2.10. The number of aryl methyl sites for hydroxylation is 3. The molecule has 0 aliphatic rings. The highest BCUT2D eigenvalue weighted by atomic mass is 16.6. The van der Waals surface area contributed by atoms with Gasteiger partial charge in [-0.2, -0.15) is 0 Å². The van der Waals surface area contributed by atoms with Crippen LogP contribution in [0.3, 0.4) is 0 Å². The van der Waals surface area contributed by atoms with Crippen LogP contribution in [-0.4, -0.2) is 4.92 Å². The third-order valence-electron chi connectivity index (χ3n) is 3.16. The molecule has 0 unspecified atom stereocenters. The first-order valence-electron chi connectivity index (χ1n) is 6.41. The van der Waals surface area contributed by atoms with E-state index in [1.165, 1.54) is 17.7 Å². The monoisotopic (exact) mass is 271 g/mol. The number of nitro groups is 1. The summed E-state index contributed by atoms with van der Waals surface area (Å²) in [6.45, 7) is 6.14. The highest BCUT2D eigenvalue weighted by molar-refractivity contribution is 5.49. The van der Waals surface area contributed by atoms with Crippen LogP contribution in [0.5, 0.6) is 5.75 Å². The zero-order valence-corrected chi connectivity index (χ0v) is 11.8. The zero-order valence-electron chi connectivity index (χ0n) is 11.8. The Morgan fingerprint density at radius 3 is 2.10 bits per heavy atom. The summed E-state index contributed by atoms with van der Waals surface area (Å²) >= 11 is 0. The Hall–Kier alpha value is -2.36. The van der Waals surface area contributed by atoms with Gasteiger partial charge in [-0.1, -0.05) is 29.8 Å². The number of hydrogen-bond donors (Lipinski definition) is 0. The van der Waals surface area contributed by atoms with E-state index in [2.05, 4.69) is 0 Å². The van der Waals surface area contributed by atoms with Crippen molar-refractivity contribution in [3.63, 3.8) is 0 Å². The van der Waals surface area contributed by atoms with Gasteiger partial charge in [-0.25, -0.2) is 0 Å².